The number of pyridine rings is 1. The van der Waals surface area contributed by atoms with Gasteiger partial charge in [0.2, 0.25) is 0 Å². The molecule has 18 heavy (non-hydrogen) atoms. The van der Waals surface area contributed by atoms with E-state index in [2.05, 4.69) is 10.3 Å². The Kier molecular flexibility index (Phi) is 4.28. The van der Waals surface area contributed by atoms with Gasteiger partial charge in [-0.25, -0.2) is 4.39 Å². The highest BCUT2D eigenvalue weighted by Crippen LogP contribution is 2.25. The van der Waals surface area contributed by atoms with Gasteiger partial charge in [-0.2, -0.15) is 0 Å². The number of halogens is 2. The molecule has 4 heteroatoms. The van der Waals surface area contributed by atoms with E-state index in [1.54, 1.807) is 24.5 Å². The molecule has 0 bridgehead atoms. The molecule has 0 aliphatic carbocycles. The minimum Gasteiger partial charge on any atom is -0.313 e. The SMILES string of the molecule is CCNCc1cncc(-c2ccc(Cl)cc2F)c1. The second-order valence-electron chi connectivity index (χ2n) is 3.99. The van der Waals surface area contributed by atoms with Crippen LogP contribution in [0.2, 0.25) is 5.02 Å². The lowest BCUT2D eigenvalue weighted by Gasteiger charge is -2.06. The highest BCUT2D eigenvalue weighted by atomic mass is 35.5. The first-order valence-electron chi connectivity index (χ1n) is 5.80. The zero-order valence-electron chi connectivity index (χ0n) is 10.1. The van der Waals surface area contributed by atoms with Crippen LogP contribution in [0.3, 0.4) is 0 Å². The normalized spacial score (nSPS) is 10.6. The molecule has 2 nitrogen and oxygen atoms in total. The summed E-state index contributed by atoms with van der Waals surface area (Å²) in [5, 5.41) is 3.61. The molecule has 2 aromatic rings. The molecule has 0 saturated heterocycles. The summed E-state index contributed by atoms with van der Waals surface area (Å²) in [6, 6.07) is 6.60. The molecular formula is C14H14ClFN2. The molecule has 1 aromatic heterocycles. The zero-order valence-corrected chi connectivity index (χ0v) is 10.8. The van der Waals surface area contributed by atoms with Crippen molar-refractivity contribution in [1.82, 2.24) is 10.3 Å². The Bertz CT molecular complexity index is 543. The van der Waals surface area contributed by atoms with Crippen molar-refractivity contribution in [3.05, 3.63) is 53.1 Å². The molecule has 0 saturated carbocycles. The maximum atomic E-state index is 13.8. The smallest absolute Gasteiger partial charge is 0.132 e. The summed E-state index contributed by atoms with van der Waals surface area (Å²) < 4.78 is 13.8. The number of aromatic nitrogens is 1. The van der Waals surface area contributed by atoms with Gasteiger partial charge in [0, 0.05) is 35.1 Å². The molecule has 1 heterocycles. The van der Waals surface area contributed by atoms with E-state index in [-0.39, 0.29) is 5.82 Å². The Morgan fingerprint density at radius 2 is 2.11 bits per heavy atom. The van der Waals surface area contributed by atoms with Crippen LogP contribution in [0.5, 0.6) is 0 Å². The van der Waals surface area contributed by atoms with Crippen molar-refractivity contribution >= 4 is 11.6 Å². The summed E-state index contributed by atoms with van der Waals surface area (Å²) >= 11 is 5.74. The van der Waals surface area contributed by atoms with Crippen molar-refractivity contribution in [3.63, 3.8) is 0 Å². The summed E-state index contributed by atoms with van der Waals surface area (Å²) in [6.45, 7) is 3.65. The second kappa shape index (κ2) is 5.94. The van der Waals surface area contributed by atoms with E-state index in [0.29, 0.717) is 10.6 Å². The molecule has 0 atom stereocenters. The number of rotatable bonds is 4. The first-order valence-corrected chi connectivity index (χ1v) is 6.18. The summed E-state index contributed by atoms with van der Waals surface area (Å²) in [4.78, 5) is 4.14. The molecular weight excluding hydrogens is 251 g/mol. The van der Waals surface area contributed by atoms with Crippen LogP contribution in [0.25, 0.3) is 11.1 Å². The molecule has 0 aliphatic heterocycles. The molecule has 94 valence electrons. The molecule has 0 unspecified atom stereocenters. The van der Waals surface area contributed by atoms with Gasteiger partial charge in [-0.3, -0.25) is 4.98 Å². The third-order valence-electron chi connectivity index (χ3n) is 2.62. The molecule has 2 rings (SSSR count). The predicted molar refractivity (Wildman–Crippen MR) is 72.0 cm³/mol. The highest BCUT2D eigenvalue weighted by Gasteiger charge is 2.06. The minimum absolute atomic E-state index is 0.329. The van der Waals surface area contributed by atoms with Crippen molar-refractivity contribution in [2.45, 2.75) is 13.5 Å². The molecule has 0 radical (unpaired) electrons. The quantitative estimate of drug-likeness (QED) is 0.912. The second-order valence-corrected chi connectivity index (χ2v) is 4.42. The molecule has 1 aromatic carbocycles. The maximum absolute atomic E-state index is 13.8. The fraction of sp³-hybridized carbons (Fsp3) is 0.214. The van der Waals surface area contributed by atoms with Gasteiger partial charge in [-0.05, 0) is 36.4 Å². The Balaban J connectivity index is 2.32. The average molecular weight is 265 g/mol. The standard InChI is InChI=1S/C14H14ClFN2/c1-2-17-7-10-5-11(9-18-8-10)13-4-3-12(15)6-14(13)16/h3-6,8-9,17H,2,7H2,1H3. The largest absolute Gasteiger partial charge is 0.313 e. The van der Waals surface area contributed by atoms with Crippen LogP contribution >= 0.6 is 11.6 Å². The third-order valence-corrected chi connectivity index (χ3v) is 2.85. The Hall–Kier alpha value is -1.45. The van der Waals surface area contributed by atoms with Crippen LogP contribution in [-0.2, 0) is 6.54 Å². The number of nitrogens with zero attached hydrogens (tertiary/aromatic N) is 1. The van der Waals surface area contributed by atoms with Gasteiger partial charge in [0.1, 0.15) is 5.82 Å². The fourth-order valence-electron chi connectivity index (χ4n) is 1.72. The van der Waals surface area contributed by atoms with Crippen LogP contribution in [0, 0.1) is 5.82 Å². The fourth-order valence-corrected chi connectivity index (χ4v) is 1.88. The van der Waals surface area contributed by atoms with Crippen LogP contribution in [0.4, 0.5) is 4.39 Å². The summed E-state index contributed by atoms with van der Waals surface area (Å²) in [7, 11) is 0. The van der Waals surface area contributed by atoms with Crippen LogP contribution in [0.15, 0.2) is 36.7 Å². The first-order chi connectivity index (χ1) is 8.70. The van der Waals surface area contributed by atoms with E-state index in [1.165, 1.54) is 6.07 Å². The number of hydrogen-bond donors (Lipinski definition) is 1. The van der Waals surface area contributed by atoms with Gasteiger partial charge in [-0.1, -0.05) is 18.5 Å². The Labute approximate surface area is 111 Å². The number of nitrogens with one attached hydrogen (secondary N) is 1. The zero-order chi connectivity index (χ0) is 13.0. The van der Waals surface area contributed by atoms with Crippen molar-refractivity contribution in [3.8, 4) is 11.1 Å². The molecule has 0 aliphatic rings. The van der Waals surface area contributed by atoms with E-state index in [1.807, 2.05) is 13.0 Å². The van der Waals surface area contributed by atoms with Gasteiger partial charge < -0.3 is 5.32 Å². The maximum Gasteiger partial charge on any atom is 0.132 e. The van der Waals surface area contributed by atoms with Crippen LogP contribution in [0.1, 0.15) is 12.5 Å². The molecule has 0 spiro atoms. The van der Waals surface area contributed by atoms with Gasteiger partial charge in [0.15, 0.2) is 0 Å². The third kappa shape index (κ3) is 3.06. The van der Waals surface area contributed by atoms with Crippen LogP contribution in [-0.4, -0.2) is 11.5 Å². The van der Waals surface area contributed by atoms with Gasteiger partial charge in [-0.15, -0.1) is 0 Å². The van der Waals surface area contributed by atoms with Gasteiger partial charge >= 0.3 is 0 Å². The van der Waals surface area contributed by atoms with Crippen LogP contribution < -0.4 is 5.32 Å². The molecule has 0 amide bonds. The molecule has 1 N–H and O–H groups in total. The Morgan fingerprint density at radius 1 is 1.28 bits per heavy atom. The summed E-state index contributed by atoms with van der Waals surface area (Å²) in [6.07, 6.45) is 3.43. The number of benzene rings is 1. The summed E-state index contributed by atoms with van der Waals surface area (Å²) in [5.41, 5.74) is 2.31. The van der Waals surface area contributed by atoms with E-state index < -0.39 is 0 Å². The van der Waals surface area contributed by atoms with E-state index >= 15 is 0 Å². The summed E-state index contributed by atoms with van der Waals surface area (Å²) in [5.74, 6) is -0.329. The average Bonchev–Trinajstić information content (AvgIpc) is 2.36. The van der Waals surface area contributed by atoms with Crippen molar-refractivity contribution in [2.24, 2.45) is 0 Å². The van der Waals surface area contributed by atoms with Gasteiger partial charge in [0.25, 0.3) is 0 Å². The monoisotopic (exact) mass is 264 g/mol. The lowest BCUT2D eigenvalue weighted by Crippen LogP contribution is -2.11. The molecule has 0 fully saturated rings. The van der Waals surface area contributed by atoms with Crippen molar-refractivity contribution in [1.29, 1.82) is 0 Å². The van der Waals surface area contributed by atoms with E-state index in [0.717, 1.165) is 24.2 Å². The highest BCUT2D eigenvalue weighted by molar-refractivity contribution is 6.30. The van der Waals surface area contributed by atoms with Crippen molar-refractivity contribution in [2.75, 3.05) is 6.54 Å². The van der Waals surface area contributed by atoms with E-state index in [4.69, 9.17) is 11.6 Å². The predicted octanol–water partition coefficient (Wildman–Crippen LogP) is 3.65. The minimum atomic E-state index is -0.329. The number of hydrogen-bond acceptors (Lipinski definition) is 2. The lowest BCUT2D eigenvalue weighted by molar-refractivity contribution is 0.631. The van der Waals surface area contributed by atoms with Gasteiger partial charge in [0.05, 0.1) is 0 Å². The Morgan fingerprint density at radius 3 is 2.83 bits per heavy atom. The lowest BCUT2D eigenvalue weighted by atomic mass is 10.1. The van der Waals surface area contributed by atoms with E-state index in [9.17, 15) is 4.39 Å². The van der Waals surface area contributed by atoms with Crippen molar-refractivity contribution < 1.29 is 4.39 Å². The first kappa shape index (κ1) is 13.0. The topological polar surface area (TPSA) is 24.9 Å².